The Balaban J connectivity index is 2.51. The number of para-hydroxylation sites is 1. The number of carboxylic acids is 1. The van der Waals surface area contributed by atoms with Gasteiger partial charge in [-0.3, -0.25) is 4.79 Å². The largest absolute Gasteiger partial charge is 0.506 e. The quantitative estimate of drug-likeness (QED) is 0.747. The van der Waals surface area contributed by atoms with Crippen LogP contribution in [0.1, 0.15) is 5.89 Å². The number of rotatable bonds is 2. The molecular weight excluding hydrogens is 186 g/mol. The number of carbonyl (C=O) groups is 1. The van der Waals surface area contributed by atoms with Gasteiger partial charge in [0.15, 0.2) is 11.1 Å². The molecule has 1 aromatic carbocycles. The molecule has 0 saturated heterocycles. The van der Waals surface area contributed by atoms with Crippen LogP contribution in [-0.2, 0) is 11.2 Å². The van der Waals surface area contributed by atoms with E-state index in [-0.39, 0.29) is 18.1 Å². The number of carboxylic acid groups (broad SMARTS) is 1. The lowest BCUT2D eigenvalue weighted by Crippen LogP contribution is -1.99. The van der Waals surface area contributed by atoms with Crippen molar-refractivity contribution >= 4 is 17.1 Å². The van der Waals surface area contributed by atoms with E-state index < -0.39 is 5.97 Å². The van der Waals surface area contributed by atoms with Gasteiger partial charge in [0.2, 0.25) is 5.89 Å². The van der Waals surface area contributed by atoms with Gasteiger partial charge in [-0.15, -0.1) is 0 Å². The second-order valence-corrected chi connectivity index (χ2v) is 2.80. The summed E-state index contributed by atoms with van der Waals surface area (Å²) in [5, 5.41) is 17.8. The predicted molar refractivity (Wildman–Crippen MR) is 47.0 cm³/mol. The van der Waals surface area contributed by atoms with E-state index >= 15 is 0 Å². The molecule has 0 aliphatic rings. The van der Waals surface area contributed by atoms with Gasteiger partial charge in [-0.05, 0) is 12.1 Å². The molecule has 1 aromatic heterocycles. The Labute approximate surface area is 78.6 Å². The van der Waals surface area contributed by atoms with Crippen molar-refractivity contribution in [2.45, 2.75) is 6.42 Å². The van der Waals surface area contributed by atoms with Crippen LogP contribution >= 0.6 is 0 Å². The third kappa shape index (κ3) is 1.39. The van der Waals surface area contributed by atoms with Crippen molar-refractivity contribution in [3.05, 3.63) is 24.1 Å². The lowest BCUT2D eigenvalue weighted by atomic mass is 10.3. The Morgan fingerprint density at radius 1 is 1.50 bits per heavy atom. The summed E-state index contributed by atoms with van der Waals surface area (Å²) in [5.41, 5.74) is 0.685. The zero-order valence-electron chi connectivity index (χ0n) is 7.10. The number of phenols is 1. The summed E-state index contributed by atoms with van der Waals surface area (Å²) in [4.78, 5) is 14.2. The highest BCUT2D eigenvalue weighted by molar-refractivity contribution is 5.80. The Kier molecular flexibility index (Phi) is 1.85. The van der Waals surface area contributed by atoms with Gasteiger partial charge < -0.3 is 14.6 Å². The van der Waals surface area contributed by atoms with Crippen LogP contribution in [0.25, 0.3) is 11.1 Å². The highest BCUT2D eigenvalue weighted by Crippen LogP contribution is 2.24. The molecule has 2 N–H and O–H groups in total. The zero-order valence-corrected chi connectivity index (χ0v) is 7.10. The number of oxazole rings is 1. The summed E-state index contributed by atoms with van der Waals surface area (Å²) < 4.78 is 5.11. The van der Waals surface area contributed by atoms with Crippen molar-refractivity contribution in [1.82, 2.24) is 4.98 Å². The van der Waals surface area contributed by atoms with E-state index in [1.165, 1.54) is 6.07 Å². The SMILES string of the molecule is O=C(O)Cc1nc2c(O)cccc2o1. The normalized spacial score (nSPS) is 10.6. The smallest absolute Gasteiger partial charge is 0.312 e. The molecule has 0 radical (unpaired) electrons. The second-order valence-electron chi connectivity index (χ2n) is 2.80. The second kappa shape index (κ2) is 3.02. The highest BCUT2D eigenvalue weighted by atomic mass is 16.4. The minimum absolute atomic E-state index is 0.0112. The van der Waals surface area contributed by atoms with Gasteiger partial charge in [0.05, 0.1) is 0 Å². The van der Waals surface area contributed by atoms with Crippen LogP contribution in [0.4, 0.5) is 0 Å². The first-order valence-corrected chi connectivity index (χ1v) is 3.96. The third-order valence-corrected chi connectivity index (χ3v) is 1.74. The van der Waals surface area contributed by atoms with Crippen molar-refractivity contribution in [3.8, 4) is 5.75 Å². The van der Waals surface area contributed by atoms with Crippen molar-refractivity contribution < 1.29 is 19.4 Å². The molecular formula is C9H7NO4. The number of aromatic nitrogens is 1. The van der Waals surface area contributed by atoms with Gasteiger partial charge in [-0.25, -0.2) is 4.98 Å². The van der Waals surface area contributed by atoms with Crippen molar-refractivity contribution in [2.24, 2.45) is 0 Å². The number of nitrogens with zero attached hydrogens (tertiary/aromatic N) is 1. The van der Waals surface area contributed by atoms with Crippen LogP contribution < -0.4 is 0 Å². The maximum Gasteiger partial charge on any atom is 0.312 e. The molecule has 0 amide bonds. The average molecular weight is 193 g/mol. The molecule has 0 saturated carbocycles. The number of benzene rings is 1. The van der Waals surface area contributed by atoms with Crippen molar-refractivity contribution in [1.29, 1.82) is 0 Å². The third-order valence-electron chi connectivity index (χ3n) is 1.74. The summed E-state index contributed by atoms with van der Waals surface area (Å²) in [5.74, 6) is -0.937. The van der Waals surface area contributed by atoms with E-state index in [9.17, 15) is 9.90 Å². The molecule has 2 aromatic rings. The Morgan fingerprint density at radius 2 is 2.29 bits per heavy atom. The number of hydrogen-bond donors (Lipinski definition) is 2. The van der Waals surface area contributed by atoms with Gasteiger partial charge >= 0.3 is 5.97 Å². The van der Waals surface area contributed by atoms with E-state index in [1.54, 1.807) is 12.1 Å². The first-order chi connectivity index (χ1) is 6.66. The number of aliphatic carboxylic acids is 1. The van der Waals surface area contributed by atoms with Crippen LogP contribution in [0.5, 0.6) is 5.75 Å². The molecule has 0 aliphatic carbocycles. The number of fused-ring (bicyclic) bond motifs is 1. The number of phenolic OH excluding ortho intramolecular Hbond substituents is 1. The summed E-state index contributed by atoms with van der Waals surface area (Å²) in [6, 6.07) is 4.69. The predicted octanol–water partition coefficient (Wildman–Crippen LogP) is 1.16. The van der Waals surface area contributed by atoms with E-state index in [0.29, 0.717) is 11.1 Å². The van der Waals surface area contributed by atoms with Gasteiger partial charge in [-0.1, -0.05) is 6.07 Å². The van der Waals surface area contributed by atoms with Crippen molar-refractivity contribution in [3.63, 3.8) is 0 Å². The zero-order chi connectivity index (χ0) is 10.1. The van der Waals surface area contributed by atoms with Crippen LogP contribution in [-0.4, -0.2) is 21.2 Å². The Bertz CT molecular complexity index is 489. The Hall–Kier alpha value is -2.04. The fourth-order valence-corrected chi connectivity index (χ4v) is 1.18. The lowest BCUT2D eigenvalue weighted by Gasteiger charge is -1.87. The molecule has 0 fully saturated rings. The van der Waals surface area contributed by atoms with Gasteiger partial charge in [-0.2, -0.15) is 0 Å². The minimum atomic E-state index is -1.02. The first-order valence-electron chi connectivity index (χ1n) is 3.96. The summed E-state index contributed by atoms with van der Waals surface area (Å²) in [6.45, 7) is 0. The van der Waals surface area contributed by atoms with Crippen LogP contribution in [0, 0.1) is 0 Å². The van der Waals surface area contributed by atoms with Gasteiger partial charge in [0.1, 0.15) is 12.2 Å². The van der Waals surface area contributed by atoms with E-state index in [0.717, 1.165) is 0 Å². The van der Waals surface area contributed by atoms with Crippen molar-refractivity contribution in [2.75, 3.05) is 0 Å². The molecule has 14 heavy (non-hydrogen) atoms. The van der Waals surface area contributed by atoms with Crippen LogP contribution in [0.2, 0.25) is 0 Å². The summed E-state index contributed by atoms with van der Waals surface area (Å²) in [6.07, 6.45) is -0.284. The molecule has 1 heterocycles. The fraction of sp³-hybridized carbons (Fsp3) is 0.111. The minimum Gasteiger partial charge on any atom is -0.506 e. The molecule has 5 heteroatoms. The lowest BCUT2D eigenvalue weighted by molar-refractivity contribution is -0.136. The van der Waals surface area contributed by atoms with Crippen LogP contribution in [0.15, 0.2) is 22.6 Å². The van der Waals surface area contributed by atoms with Gasteiger partial charge in [0.25, 0.3) is 0 Å². The van der Waals surface area contributed by atoms with Gasteiger partial charge in [0, 0.05) is 0 Å². The van der Waals surface area contributed by atoms with Crippen LogP contribution in [0.3, 0.4) is 0 Å². The molecule has 0 spiro atoms. The molecule has 2 rings (SSSR count). The molecule has 5 nitrogen and oxygen atoms in total. The molecule has 0 bridgehead atoms. The van der Waals surface area contributed by atoms with E-state index in [1.807, 2.05) is 0 Å². The standard InChI is InChI=1S/C9H7NO4/c11-5-2-1-3-6-9(5)10-7(14-6)4-8(12)13/h1-3,11H,4H2,(H,12,13). The summed E-state index contributed by atoms with van der Waals surface area (Å²) in [7, 11) is 0. The topological polar surface area (TPSA) is 83.6 Å². The highest BCUT2D eigenvalue weighted by Gasteiger charge is 2.11. The number of hydrogen-bond acceptors (Lipinski definition) is 4. The monoisotopic (exact) mass is 193 g/mol. The molecule has 0 unspecified atom stereocenters. The molecule has 0 aliphatic heterocycles. The molecule has 0 atom stereocenters. The molecule has 72 valence electrons. The Morgan fingerprint density at radius 3 is 2.93 bits per heavy atom. The average Bonchev–Trinajstić information content (AvgIpc) is 2.47. The maximum atomic E-state index is 10.4. The maximum absolute atomic E-state index is 10.4. The fourth-order valence-electron chi connectivity index (χ4n) is 1.18. The number of aromatic hydroxyl groups is 1. The van der Waals surface area contributed by atoms with E-state index in [4.69, 9.17) is 9.52 Å². The first kappa shape index (κ1) is 8.55. The van der Waals surface area contributed by atoms with E-state index in [2.05, 4.69) is 4.98 Å². The summed E-state index contributed by atoms with van der Waals surface area (Å²) >= 11 is 0.